The van der Waals surface area contributed by atoms with Gasteiger partial charge in [0.05, 0.1) is 0 Å². The molecule has 0 amide bonds. The zero-order valence-electron chi connectivity index (χ0n) is 10.4. The number of hydrogen-bond acceptors (Lipinski definition) is 3. The fourth-order valence-electron chi connectivity index (χ4n) is 2.42. The van der Waals surface area contributed by atoms with Gasteiger partial charge in [-0.25, -0.2) is 10.9 Å². The first-order valence-corrected chi connectivity index (χ1v) is 6.72. The zero-order chi connectivity index (χ0) is 13.2. The van der Waals surface area contributed by atoms with Gasteiger partial charge in [0.2, 0.25) is 0 Å². The summed E-state index contributed by atoms with van der Waals surface area (Å²) in [7, 11) is 0. The molecule has 3 rings (SSSR count). The van der Waals surface area contributed by atoms with Crippen LogP contribution >= 0.6 is 11.6 Å². The average molecular weight is 274 g/mol. The lowest BCUT2D eigenvalue weighted by Gasteiger charge is -2.10. The monoisotopic (exact) mass is 273 g/mol. The molecule has 0 saturated carbocycles. The van der Waals surface area contributed by atoms with Crippen LogP contribution in [-0.4, -0.2) is 0 Å². The van der Waals surface area contributed by atoms with E-state index in [0.717, 1.165) is 17.1 Å². The van der Waals surface area contributed by atoms with Crippen LogP contribution in [0.3, 0.4) is 0 Å². The van der Waals surface area contributed by atoms with Gasteiger partial charge in [0.25, 0.3) is 0 Å². The summed E-state index contributed by atoms with van der Waals surface area (Å²) in [5.74, 6) is 0. The lowest BCUT2D eigenvalue weighted by molar-refractivity contribution is 0.555. The number of rotatable bonds is 2. The number of nitrogens with one attached hydrogen (secondary N) is 2. The molecule has 19 heavy (non-hydrogen) atoms. The van der Waals surface area contributed by atoms with Gasteiger partial charge in [0.15, 0.2) is 0 Å². The molecule has 2 unspecified atom stereocenters. The molecule has 0 aliphatic carbocycles. The van der Waals surface area contributed by atoms with E-state index in [1.54, 1.807) is 0 Å². The molecule has 2 atom stereocenters. The highest BCUT2D eigenvalue weighted by Crippen LogP contribution is 2.31. The Hall–Kier alpha value is -1.55. The standard InChI is InChI=1S/C15H16ClN3/c16-12-5-1-10(2-6-12)14-9-15(19-18-14)11-3-7-13(17)8-4-11/h1-8,14-15,18-19H,9,17H2. The van der Waals surface area contributed by atoms with E-state index in [1.165, 1.54) is 11.1 Å². The van der Waals surface area contributed by atoms with Crippen molar-refractivity contribution in [1.82, 2.24) is 10.9 Å². The topological polar surface area (TPSA) is 50.1 Å². The number of nitrogen functional groups attached to an aromatic ring is 1. The second-order valence-electron chi connectivity index (χ2n) is 4.85. The molecule has 1 aliphatic heterocycles. The molecule has 0 spiro atoms. The summed E-state index contributed by atoms with van der Waals surface area (Å²) in [5, 5.41) is 0.768. The van der Waals surface area contributed by atoms with Gasteiger partial charge in [0.1, 0.15) is 0 Å². The molecule has 4 N–H and O–H groups in total. The number of halogens is 1. The van der Waals surface area contributed by atoms with Crippen LogP contribution in [0, 0.1) is 0 Å². The van der Waals surface area contributed by atoms with E-state index in [-0.39, 0.29) is 0 Å². The summed E-state index contributed by atoms with van der Waals surface area (Å²) >= 11 is 5.91. The van der Waals surface area contributed by atoms with E-state index in [2.05, 4.69) is 35.1 Å². The number of anilines is 1. The lowest BCUT2D eigenvalue weighted by Crippen LogP contribution is -2.26. The van der Waals surface area contributed by atoms with E-state index in [0.29, 0.717) is 12.1 Å². The van der Waals surface area contributed by atoms with Crippen molar-refractivity contribution in [3.8, 4) is 0 Å². The maximum Gasteiger partial charge on any atom is 0.0481 e. The molecular weight excluding hydrogens is 258 g/mol. The Labute approximate surface area is 117 Å². The van der Waals surface area contributed by atoms with Crippen molar-refractivity contribution in [3.63, 3.8) is 0 Å². The second-order valence-corrected chi connectivity index (χ2v) is 5.28. The van der Waals surface area contributed by atoms with Crippen molar-refractivity contribution in [2.45, 2.75) is 18.5 Å². The van der Waals surface area contributed by atoms with E-state index in [4.69, 9.17) is 17.3 Å². The Morgan fingerprint density at radius 1 is 0.842 bits per heavy atom. The predicted molar refractivity (Wildman–Crippen MR) is 78.7 cm³/mol. The molecular formula is C15H16ClN3. The molecule has 3 nitrogen and oxygen atoms in total. The molecule has 1 aliphatic rings. The van der Waals surface area contributed by atoms with Crippen molar-refractivity contribution in [1.29, 1.82) is 0 Å². The summed E-state index contributed by atoms with van der Waals surface area (Å²) in [5.41, 5.74) is 15.7. The number of benzene rings is 2. The van der Waals surface area contributed by atoms with E-state index in [9.17, 15) is 0 Å². The van der Waals surface area contributed by atoms with Crippen LogP contribution in [0.15, 0.2) is 48.5 Å². The van der Waals surface area contributed by atoms with Gasteiger partial charge in [-0.1, -0.05) is 35.9 Å². The Kier molecular flexibility index (Phi) is 3.42. The van der Waals surface area contributed by atoms with Crippen molar-refractivity contribution >= 4 is 17.3 Å². The highest BCUT2D eigenvalue weighted by atomic mass is 35.5. The minimum atomic E-state index is 0.305. The summed E-state index contributed by atoms with van der Waals surface area (Å²) < 4.78 is 0. The lowest BCUT2D eigenvalue weighted by atomic mass is 9.98. The zero-order valence-corrected chi connectivity index (χ0v) is 11.2. The molecule has 0 radical (unpaired) electrons. The van der Waals surface area contributed by atoms with Gasteiger partial charge in [0, 0.05) is 22.8 Å². The third kappa shape index (κ3) is 2.73. The number of hydrazine groups is 1. The second kappa shape index (κ2) is 5.21. The van der Waals surface area contributed by atoms with Gasteiger partial charge in [-0.15, -0.1) is 0 Å². The summed E-state index contributed by atoms with van der Waals surface area (Å²) in [4.78, 5) is 0. The summed E-state index contributed by atoms with van der Waals surface area (Å²) in [6.07, 6.45) is 1.01. The van der Waals surface area contributed by atoms with Crippen LogP contribution in [-0.2, 0) is 0 Å². The Balaban J connectivity index is 1.73. The molecule has 4 heteroatoms. The molecule has 2 aromatic carbocycles. The summed E-state index contributed by atoms with van der Waals surface area (Å²) in [6, 6.07) is 16.6. The average Bonchev–Trinajstić information content (AvgIpc) is 2.90. The first kappa shape index (κ1) is 12.5. The molecule has 1 saturated heterocycles. The van der Waals surface area contributed by atoms with Crippen molar-refractivity contribution in [2.24, 2.45) is 0 Å². The smallest absolute Gasteiger partial charge is 0.0481 e. The van der Waals surface area contributed by atoms with Crippen LogP contribution in [0.4, 0.5) is 5.69 Å². The number of nitrogens with two attached hydrogens (primary N) is 1. The Morgan fingerprint density at radius 3 is 1.84 bits per heavy atom. The predicted octanol–water partition coefficient (Wildman–Crippen LogP) is 3.20. The molecule has 0 aromatic heterocycles. The van der Waals surface area contributed by atoms with E-state index >= 15 is 0 Å². The number of hydrogen-bond donors (Lipinski definition) is 3. The first-order chi connectivity index (χ1) is 9.22. The molecule has 0 bridgehead atoms. The normalized spacial score (nSPS) is 22.6. The third-order valence-corrected chi connectivity index (χ3v) is 3.77. The van der Waals surface area contributed by atoms with Crippen LogP contribution in [0.2, 0.25) is 5.02 Å². The molecule has 1 fully saturated rings. The molecule has 2 aromatic rings. The van der Waals surface area contributed by atoms with Gasteiger partial charge in [-0.05, 0) is 41.8 Å². The van der Waals surface area contributed by atoms with Crippen molar-refractivity contribution in [3.05, 3.63) is 64.7 Å². The van der Waals surface area contributed by atoms with E-state index in [1.807, 2.05) is 24.3 Å². The maximum atomic E-state index is 5.91. The van der Waals surface area contributed by atoms with Crippen LogP contribution < -0.4 is 16.6 Å². The van der Waals surface area contributed by atoms with Gasteiger partial charge >= 0.3 is 0 Å². The Bertz CT molecular complexity index is 499. The fourth-order valence-corrected chi connectivity index (χ4v) is 2.54. The Morgan fingerprint density at radius 2 is 1.32 bits per heavy atom. The van der Waals surface area contributed by atoms with Crippen molar-refractivity contribution in [2.75, 3.05) is 5.73 Å². The quantitative estimate of drug-likeness (QED) is 0.737. The van der Waals surface area contributed by atoms with E-state index < -0.39 is 0 Å². The molecule has 98 valence electrons. The largest absolute Gasteiger partial charge is 0.399 e. The van der Waals surface area contributed by atoms with Gasteiger partial charge in [-0.3, -0.25) is 0 Å². The van der Waals surface area contributed by atoms with Gasteiger partial charge < -0.3 is 5.73 Å². The first-order valence-electron chi connectivity index (χ1n) is 6.34. The minimum Gasteiger partial charge on any atom is -0.399 e. The van der Waals surface area contributed by atoms with Crippen LogP contribution in [0.1, 0.15) is 29.6 Å². The minimum absolute atomic E-state index is 0.305. The summed E-state index contributed by atoms with van der Waals surface area (Å²) in [6.45, 7) is 0. The van der Waals surface area contributed by atoms with Crippen molar-refractivity contribution < 1.29 is 0 Å². The maximum absolute atomic E-state index is 5.91. The fraction of sp³-hybridized carbons (Fsp3) is 0.200. The third-order valence-electron chi connectivity index (χ3n) is 3.51. The SMILES string of the molecule is Nc1ccc(C2CC(c3ccc(Cl)cc3)NN2)cc1. The van der Waals surface area contributed by atoms with Crippen LogP contribution in [0.5, 0.6) is 0 Å². The highest BCUT2D eigenvalue weighted by Gasteiger charge is 2.25. The van der Waals surface area contributed by atoms with Gasteiger partial charge in [-0.2, -0.15) is 0 Å². The molecule has 1 heterocycles. The van der Waals surface area contributed by atoms with Crippen LogP contribution in [0.25, 0.3) is 0 Å². The highest BCUT2D eigenvalue weighted by molar-refractivity contribution is 6.30.